The highest BCUT2D eigenvalue weighted by molar-refractivity contribution is 5.64. The molecular weight excluding hydrogens is 234 g/mol. The van der Waals surface area contributed by atoms with Gasteiger partial charge in [-0.1, -0.05) is 6.07 Å². The zero-order valence-corrected chi connectivity index (χ0v) is 11.2. The summed E-state index contributed by atoms with van der Waals surface area (Å²) in [4.78, 5) is 12.0. The van der Waals surface area contributed by atoms with E-state index in [0.29, 0.717) is 13.0 Å². The van der Waals surface area contributed by atoms with E-state index in [9.17, 15) is 4.79 Å². The van der Waals surface area contributed by atoms with Crippen molar-refractivity contribution < 1.29 is 19.4 Å². The molecule has 0 aliphatic heterocycles. The average Bonchev–Trinajstić information content (AvgIpc) is 2.35. The Bertz CT molecular complexity index is 431. The number of nitrogens with zero attached hydrogens (tertiary/aromatic N) is 1. The van der Waals surface area contributed by atoms with Crippen LogP contribution in [0.15, 0.2) is 12.1 Å². The Kier molecular flexibility index (Phi) is 4.83. The number of likely N-dealkylation sites (N-methyl/N-ethyl adjacent to an activating group) is 1. The highest BCUT2D eigenvalue weighted by atomic mass is 16.5. The van der Waals surface area contributed by atoms with Gasteiger partial charge >= 0.3 is 6.09 Å². The molecular formula is C13H19NO4. The Hall–Kier alpha value is -1.91. The van der Waals surface area contributed by atoms with Crippen molar-refractivity contribution in [3.63, 3.8) is 0 Å². The molecule has 0 unspecified atom stereocenters. The molecule has 0 aliphatic rings. The molecule has 18 heavy (non-hydrogen) atoms. The number of hydrogen-bond donors (Lipinski definition) is 1. The normalized spacial score (nSPS) is 10.0. The van der Waals surface area contributed by atoms with E-state index in [1.165, 1.54) is 4.90 Å². The lowest BCUT2D eigenvalue weighted by Gasteiger charge is -2.17. The van der Waals surface area contributed by atoms with Crippen LogP contribution in [-0.2, 0) is 6.42 Å². The van der Waals surface area contributed by atoms with Crippen molar-refractivity contribution in [2.24, 2.45) is 0 Å². The molecule has 0 fully saturated rings. The van der Waals surface area contributed by atoms with Crippen molar-refractivity contribution in [1.82, 2.24) is 4.90 Å². The highest BCUT2D eigenvalue weighted by Gasteiger charge is 2.12. The summed E-state index contributed by atoms with van der Waals surface area (Å²) in [6.45, 7) is 2.35. The summed E-state index contributed by atoms with van der Waals surface area (Å²) in [5.74, 6) is 1.52. The standard InChI is InChI=1S/C13H19NO4/c1-9-11(17-3)6-5-10(12(9)18-4)7-8-14(2)13(15)16/h5-6H,7-8H2,1-4H3,(H,15,16). The first-order valence-corrected chi connectivity index (χ1v) is 5.65. The lowest BCUT2D eigenvalue weighted by molar-refractivity contribution is 0.156. The Balaban J connectivity index is 2.89. The number of carbonyl (C=O) groups is 1. The molecule has 0 radical (unpaired) electrons. The first kappa shape index (κ1) is 14.2. The summed E-state index contributed by atoms with van der Waals surface area (Å²) in [7, 11) is 4.76. The highest BCUT2D eigenvalue weighted by Crippen LogP contribution is 2.31. The van der Waals surface area contributed by atoms with Gasteiger partial charge in [0.05, 0.1) is 14.2 Å². The number of methoxy groups -OCH3 is 2. The predicted octanol–water partition coefficient (Wildman–Crippen LogP) is 2.16. The second-order valence-corrected chi connectivity index (χ2v) is 4.04. The van der Waals surface area contributed by atoms with Crippen LogP contribution in [0.1, 0.15) is 11.1 Å². The van der Waals surface area contributed by atoms with Gasteiger partial charge in [-0.3, -0.25) is 0 Å². The van der Waals surface area contributed by atoms with E-state index in [-0.39, 0.29) is 0 Å². The zero-order chi connectivity index (χ0) is 13.7. The fourth-order valence-electron chi connectivity index (χ4n) is 1.82. The van der Waals surface area contributed by atoms with Crippen molar-refractivity contribution in [3.8, 4) is 11.5 Å². The second kappa shape index (κ2) is 6.14. The molecule has 1 N–H and O–H groups in total. The van der Waals surface area contributed by atoms with E-state index in [0.717, 1.165) is 22.6 Å². The maximum Gasteiger partial charge on any atom is 0.407 e. The van der Waals surface area contributed by atoms with E-state index in [4.69, 9.17) is 14.6 Å². The molecule has 0 aromatic heterocycles. The number of rotatable bonds is 5. The smallest absolute Gasteiger partial charge is 0.407 e. The Morgan fingerprint density at radius 3 is 2.50 bits per heavy atom. The third-order valence-electron chi connectivity index (χ3n) is 2.90. The molecule has 0 heterocycles. The summed E-state index contributed by atoms with van der Waals surface area (Å²) >= 11 is 0. The summed E-state index contributed by atoms with van der Waals surface area (Å²) in [5, 5.41) is 8.80. The van der Waals surface area contributed by atoms with Crippen LogP contribution in [0.25, 0.3) is 0 Å². The van der Waals surface area contributed by atoms with Crippen LogP contribution in [0, 0.1) is 6.92 Å². The molecule has 0 saturated heterocycles. The minimum atomic E-state index is -0.931. The lowest BCUT2D eigenvalue weighted by Crippen LogP contribution is -2.27. The monoisotopic (exact) mass is 253 g/mol. The molecule has 100 valence electrons. The fraction of sp³-hybridized carbons (Fsp3) is 0.462. The van der Waals surface area contributed by atoms with Gasteiger partial charge in [0.25, 0.3) is 0 Å². The zero-order valence-electron chi connectivity index (χ0n) is 11.2. The minimum Gasteiger partial charge on any atom is -0.496 e. The number of carboxylic acid groups (broad SMARTS) is 1. The van der Waals surface area contributed by atoms with Crippen LogP contribution in [0.5, 0.6) is 11.5 Å². The van der Waals surface area contributed by atoms with E-state index < -0.39 is 6.09 Å². The number of ether oxygens (including phenoxy) is 2. The molecule has 0 atom stereocenters. The van der Waals surface area contributed by atoms with Gasteiger partial charge in [0.15, 0.2) is 0 Å². The molecule has 1 aromatic carbocycles. The van der Waals surface area contributed by atoms with Crippen LogP contribution in [0.2, 0.25) is 0 Å². The van der Waals surface area contributed by atoms with Gasteiger partial charge in [-0.15, -0.1) is 0 Å². The third-order valence-corrected chi connectivity index (χ3v) is 2.90. The van der Waals surface area contributed by atoms with Gasteiger partial charge in [-0.05, 0) is 25.0 Å². The number of amides is 1. The van der Waals surface area contributed by atoms with Gasteiger partial charge in [0.2, 0.25) is 0 Å². The molecule has 5 heteroatoms. The van der Waals surface area contributed by atoms with Crippen LogP contribution in [0.3, 0.4) is 0 Å². The van der Waals surface area contributed by atoms with E-state index in [1.54, 1.807) is 21.3 Å². The summed E-state index contributed by atoms with van der Waals surface area (Å²) in [6, 6.07) is 3.77. The molecule has 1 amide bonds. The SMILES string of the molecule is COc1ccc(CCN(C)C(=O)O)c(OC)c1C. The fourth-order valence-corrected chi connectivity index (χ4v) is 1.82. The topological polar surface area (TPSA) is 59.0 Å². The Labute approximate surface area is 107 Å². The van der Waals surface area contributed by atoms with Gasteiger partial charge in [0.1, 0.15) is 11.5 Å². The summed E-state index contributed by atoms with van der Waals surface area (Å²) in [6.07, 6.45) is -0.323. The lowest BCUT2D eigenvalue weighted by atomic mass is 10.1. The van der Waals surface area contributed by atoms with E-state index >= 15 is 0 Å². The molecule has 0 aliphatic carbocycles. The first-order valence-electron chi connectivity index (χ1n) is 5.65. The molecule has 1 rings (SSSR count). The summed E-state index contributed by atoms with van der Waals surface area (Å²) < 4.78 is 10.6. The molecule has 0 saturated carbocycles. The van der Waals surface area contributed by atoms with Gasteiger partial charge in [0, 0.05) is 19.2 Å². The minimum absolute atomic E-state index is 0.428. The van der Waals surface area contributed by atoms with Gasteiger partial charge in [-0.25, -0.2) is 4.79 Å². The van der Waals surface area contributed by atoms with Crippen molar-refractivity contribution >= 4 is 6.09 Å². The second-order valence-electron chi connectivity index (χ2n) is 4.04. The number of benzene rings is 1. The Morgan fingerprint density at radius 1 is 1.33 bits per heavy atom. The van der Waals surface area contributed by atoms with Gasteiger partial charge in [-0.2, -0.15) is 0 Å². The molecule has 1 aromatic rings. The van der Waals surface area contributed by atoms with Crippen molar-refractivity contribution in [3.05, 3.63) is 23.3 Å². The van der Waals surface area contributed by atoms with E-state index in [2.05, 4.69) is 0 Å². The first-order chi connectivity index (χ1) is 8.51. The van der Waals surface area contributed by atoms with Crippen LogP contribution in [0.4, 0.5) is 4.79 Å². The van der Waals surface area contributed by atoms with Gasteiger partial charge < -0.3 is 19.5 Å². The Morgan fingerprint density at radius 2 is 2.00 bits per heavy atom. The molecule has 0 bridgehead atoms. The number of hydrogen-bond acceptors (Lipinski definition) is 3. The van der Waals surface area contributed by atoms with Crippen molar-refractivity contribution in [1.29, 1.82) is 0 Å². The van der Waals surface area contributed by atoms with Crippen molar-refractivity contribution in [2.75, 3.05) is 27.8 Å². The van der Waals surface area contributed by atoms with Crippen LogP contribution >= 0.6 is 0 Å². The van der Waals surface area contributed by atoms with Crippen LogP contribution < -0.4 is 9.47 Å². The maximum atomic E-state index is 10.7. The largest absolute Gasteiger partial charge is 0.496 e. The third kappa shape index (κ3) is 3.06. The summed E-state index contributed by atoms with van der Waals surface area (Å²) in [5.41, 5.74) is 1.90. The molecule has 5 nitrogen and oxygen atoms in total. The quantitative estimate of drug-likeness (QED) is 0.873. The average molecular weight is 253 g/mol. The van der Waals surface area contributed by atoms with Crippen molar-refractivity contribution in [2.45, 2.75) is 13.3 Å². The molecule has 0 spiro atoms. The maximum absolute atomic E-state index is 10.7. The van der Waals surface area contributed by atoms with E-state index in [1.807, 2.05) is 19.1 Å². The van der Waals surface area contributed by atoms with Crippen LogP contribution in [-0.4, -0.2) is 43.9 Å². The predicted molar refractivity (Wildman–Crippen MR) is 68.6 cm³/mol.